The van der Waals surface area contributed by atoms with Crippen LogP contribution in [0.1, 0.15) is 28.9 Å². The first-order valence-electron chi connectivity index (χ1n) is 10.8. The van der Waals surface area contributed by atoms with Crippen LogP contribution in [0.25, 0.3) is 10.8 Å². The van der Waals surface area contributed by atoms with E-state index < -0.39 is 0 Å². The van der Waals surface area contributed by atoms with Gasteiger partial charge in [-0.2, -0.15) is 5.10 Å². The predicted molar refractivity (Wildman–Crippen MR) is 124 cm³/mol. The minimum atomic E-state index is -0.161. The fourth-order valence-electron chi connectivity index (χ4n) is 4.01. The van der Waals surface area contributed by atoms with Crippen LogP contribution in [0.2, 0.25) is 0 Å². The van der Waals surface area contributed by atoms with Gasteiger partial charge in [-0.1, -0.05) is 18.2 Å². The largest absolute Gasteiger partial charge is 0.378 e. The maximum atomic E-state index is 12.9. The van der Waals surface area contributed by atoms with Gasteiger partial charge in [0.25, 0.3) is 11.5 Å². The molecule has 1 aliphatic heterocycles. The number of amides is 1. The fraction of sp³-hybridized carbons (Fsp3) is 0.375. The summed E-state index contributed by atoms with van der Waals surface area (Å²) in [5.74, 6) is -0.161. The van der Waals surface area contributed by atoms with Crippen LogP contribution in [0.4, 0.5) is 5.69 Å². The zero-order valence-electron chi connectivity index (χ0n) is 18.2. The Morgan fingerprint density at radius 1 is 1.00 bits per heavy atom. The molecule has 2 heterocycles. The van der Waals surface area contributed by atoms with Gasteiger partial charge in [-0.25, -0.2) is 4.68 Å². The lowest BCUT2D eigenvalue weighted by Gasteiger charge is -2.16. The van der Waals surface area contributed by atoms with Crippen molar-refractivity contribution in [2.75, 3.05) is 38.6 Å². The van der Waals surface area contributed by atoms with Gasteiger partial charge < -0.3 is 15.1 Å². The Morgan fingerprint density at radius 2 is 1.68 bits per heavy atom. The first-order valence-corrected chi connectivity index (χ1v) is 10.8. The molecule has 2 aromatic carbocycles. The van der Waals surface area contributed by atoms with E-state index in [2.05, 4.69) is 15.3 Å². The number of carbonyl (C=O) groups excluding carboxylic acids is 1. The Labute approximate surface area is 182 Å². The second-order valence-electron chi connectivity index (χ2n) is 8.19. The molecule has 162 valence electrons. The highest BCUT2D eigenvalue weighted by molar-refractivity contribution is 5.94. The van der Waals surface area contributed by atoms with E-state index in [1.807, 2.05) is 67.5 Å². The minimum Gasteiger partial charge on any atom is -0.378 e. The van der Waals surface area contributed by atoms with Crippen molar-refractivity contribution in [2.45, 2.75) is 25.9 Å². The molecule has 1 N–H and O–H groups in total. The maximum absolute atomic E-state index is 12.9. The molecule has 31 heavy (non-hydrogen) atoms. The van der Waals surface area contributed by atoms with Gasteiger partial charge >= 0.3 is 0 Å². The van der Waals surface area contributed by atoms with Gasteiger partial charge in [0.15, 0.2) is 0 Å². The van der Waals surface area contributed by atoms with Crippen molar-refractivity contribution in [3.8, 4) is 0 Å². The number of benzene rings is 2. The number of aromatic nitrogens is 2. The van der Waals surface area contributed by atoms with Crippen LogP contribution in [0, 0.1) is 0 Å². The minimum absolute atomic E-state index is 0.0795. The summed E-state index contributed by atoms with van der Waals surface area (Å²) in [6.45, 7) is 3.79. The number of carbonyl (C=O) groups is 1. The van der Waals surface area contributed by atoms with Gasteiger partial charge in [-0.3, -0.25) is 9.59 Å². The highest BCUT2D eigenvalue weighted by Crippen LogP contribution is 2.15. The lowest BCUT2D eigenvalue weighted by Crippen LogP contribution is -2.32. The average molecular weight is 420 g/mol. The zero-order valence-corrected chi connectivity index (χ0v) is 18.2. The Morgan fingerprint density at radius 3 is 2.35 bits per heavy atom. The second-order valence-corrected chi connectivity index (χ2v) is 8.19. The Bertz CT molecular complexity index is 1120. The number of likely N-dealkylation sites (tertiary alicyclic amines) is 1. The van der Waals surface area contributed by atoms with Crippen molar-refractivity contribution in [1.82, 2.24) is 20.0 Å². The summed E-state index contributed by atoms with van der Waals surface area (Å²) >= 11 is 0. The SMILES string of the molecule is CN(C)c1ccc(C(=O)NCc2nn(CCN3CCCC3)c(=O)c3ccccc23)cc1. The molecule has 0 atom stereocenters. The van der Waals surface area contributed by atoms with Crippen molar-refractivity contribution in [2.24, 2.45) is 0 Å². The molecule has 1 saturated heterocycles. The highest BCUT2D eigenvalue weighted by Gasteiger charge is 2.15. The van der Waals surface area contributed by atoms with E-state index in [4.69, 9.17) is 0 Å². The van der Waals surface area contributed by atoms with Gasteiger partial charge in [0.1, 0.15) is 0 Å². The van der Waals surface area contributed by atoms with Crippen LogP contribution in [-0.4, -0.2) is 54.3 Å². The Hall–Kier alpha value is -3.19. The number of nitrogens with one attached hydrogen (secondary N) is 1. The Kier molecular flexibility index (Phi) is 6.32. The molecule has 0 unspecified atom stereocenters. The standard InChI is InChI=1S/C24H29N5O2/c1-27(2)19-11-9-18(10-12-19)23(30)25-17-22-20-7-3-4-8-21(20)24(31)29(26-22)16-15-28-13-5-6-14-28/h3-4,7-12H,5-6,13-17H2,1-2H3,(H,25,30). The van der Waals surface area contributed by atoms with Crippen molar-refractivity contribution in [3.05, 3.63) is 70.1 Å². The molecule has 4 rings (SSSR count). The summed E-state index contributed by atoms with van der Waals surface area (Å²) in [4.78, 5) is 29.9. The number of rotatable bonds is 7. The molecule has 1 fully saturated rings. The summed E-state index contributed by atoms with van der Waals surface area (Å²) in [6, 6.07) is 14.9. The Balaban J connectivity index is 1.53. The van der Waals surface area contributed by atoms with Gasteiger partial charge in [-0.15, -0.1) is 0 Å². The van der Waals surface area contributed by atoms with Crippen LogP contribution in [0.3, 0.4) is 0 Å². The van der Waals surface area contributed by atoms with Crippen molar-refractivity contribution in [1.29, 1.82) is 0 Å². The topological polar surface area (TPSA) is 70.5 Å². The van der Waals surface area contributed by atoms with E-state index in [1.54, 1.807) is 4.68 Å². The normalized spacial score (nSPS) is 14.1. The maximum Gasteiger partial charge on any atom is 0.274 e. The average Bonchev–Trinajstić information content (AvgIpc) is 3.31. The van der Waals surface area contributed by atoms with E-state index in [1.165, 1.54) is 12.8 Å². The molecule has 7 nitrogen and oxygen atoms in total. The molecule has 1 aromatic heterocycles. The summed E-state index contributed by atoms with van der Waals surface area (Å²) in [7, 11) is 3.93. The van der Waals surface area contributed by atoms with Gasteiger partial charge in [-0.05, 0) is 56.3 Å². The second kappa shape index (κ2) is 9.31. The molecule has 0 spiro atoms. The number of fused-ring (bicyclic) bond motifs is 1. The monoisotopic (exact) mass is 419 g/mol. The number of nitrogens with zero attached hydrogens (tertiary/aromatic N) is 4. The number of anilines is 1. The molecule has 1 aliphatic rings. The molecule has 1 amide bonds. The lowest BCUT2D eigenvalue weighted by atomic mass is 10.1. The fourth-order valence-corrected chi connectivity index (χ4v) is 4.01. The quantitative estimate of drug-likeness (QED) is 0.637. The molecule has 0 aliphatic carbocycles. The van der Waals surface area contributed by atoms with Crippen LogP contribution in [0.15, 0.2) is 53.3 Å². The lowest BCUT2D eigenvalue weighted by molar-refractivity contribution is 0.0950. The van der Waals surface area contributed by atoms with Crippen molar-refractivity contribution in [3.63, 3.8) is 0 Å². The predicted octanol–water partition coefficient (Wildman–Crippen LogP) is 2.49. The summed E-state index contributed by atoms with van der Waals surface area (Å²) in [5.41, 5.74) is 2.26. The van der Waals surface area contributed by atoms with E-state index in [9.17, 15) is 9.59 Å². The van der Waals surface area contributed by atoms with Gasteiger partial charge in [0, 0.05) is 37.3 Å². The highest BCUT2D eigenvalue weighted by atomic mass is 16.1. The molecule has 0 bridgehead atoms. The van der Waals surface area contributed by atoms with E-state index in [0.29, 0.717) is 23.2 Å². The third-order valence-corrected chi connectivity index (χ3v) is 5.83. The summed E-state index contributed by atoms with van der Waals surface area (Å²) in [6.07, 6.45) is 2.43. The van der Waals surface area contributed by atoms with Crippen LogP contribution >= 0.6 is 0 Å². The third-order valence-electron chi connectivity index (χ3n) is 5.83. The van der Waals surface area contributed by atoms with E-state index in [-0.39, 0.29) is 18.0 Å². The zero-order chi connectivity index (χ0) is 21.8. The van der Waals surface area contributed by atoms with Crippen LogP contribution in [0.5, 0.6) is 0 Å². The molecular weight excluding hydrogens is 390 g/mol. The van der Waals surface area contributed by atoms with E-state index >= 15 is 0 Å². The van der Waals surface area contributed by atoms with Crippen LogP contribution in [-0.2, 0) is 13.1 Å². The van der Waals surface area contributed by atoms with Gasteiger partial charge in [0.2, 0.25) is 0 Å². The summed E-state index contributed by atoms with van der Waals surface area (Å²) in [5, 5.41) is 9.00. The molecule has 3 aromatic rings. The molecule has 0 saturated carbocycles. The summed E-state index contributed by atoms with van der Waals surface area (Å²) < 4.78 is 1.55. The first kappa shape index (κ1) is 21.1. The van der Waals surface area contributed by atoms with Crippen molar-refractivity contribution >= 4 is 22.4 Å². The molecular formula is C24H29N5O2. The first-order chi connectivity index (χ1) is 15.0. The third kappa shape index (κ3) is 4.77. The smallest absolute Gasteiger partial charge is 0.274 e. The van der Waals surface area contributed by atoms with Gasteiger partial charge in [0.05, 0.1) is 24.2 Å². The van der Waals surface area contributed by atoms with Crippen molar-refractivity contribution < 1.29 is 4.79 Å². The number of hydrogen-bond donors (Lipinski definition) is 1. The van der Waals surface area contributed by atoms with Crippen LogP contribution < -0.4 is 15.8 Å². The number of hydrogen-bond acceptors (Lipinski definition) is 5. The molecule has 7 heteroatoms. The molecule has 0 radical (unpaired) electrons. The van der Waals surface area contributed by atoms with E-state index in [0.717, 1.165) is 30.7 Å².